The first kappa shape index (κ1) is 20.3. The highest BCUT2D eigenvalue weighted by Gasteiger charge is 2.13. The number of nitrogens with one attached hydrogen (secondary N) is 3. The lowest BCUT2D eigenvalue weighted by Crippen LogP contribution is -2.20. The summed E-state index contributed by atoms with van der Waals surface area (Å²) in [5.74, 6) is 2.63. The van der Waals surface area contributed by atoms with E-state index in [4.69, 9.17) is 9.47 Å². The molecule has 0 unspecified atom stereocenters. The van der Waals surface area contributed by atoms with Crippen LogP contribution in [0.5, 0.6) is 11.5 Å². The molecule has 0 atom stereocenters. The van der Waals surface area contributed by atoms with Crippen LogP contribution in [0, 0.1) is 6.92 Å². The Hall–Kier alpha value is -4.01. The predicted molar refractivity (Wildman–Crippen MR) is 121 cm³/mol. The lowest BCUT2D eigenvalue weighted by atomic mass is 10.2. The molecule has 2 heterocycles. The van der Waals surface area contributed by atoms with Crippen molar-refractivity contribution in [3.63, 3.8) is 0 Å². The molecule has 4 rings (SSSR count). The second-order valence-corrected chi connectivity index (χ2v) is 7.23. The molecule has 0 fully saturated rings. The van der Waals surface area contributed by atoms with Gasteiger partial charge in [0.05, 0.1) is 0 Å². The van der Waals surface area contributed by atoms with Crippen LogP contribution in [-0.4, -0.2) is 43.3 Å². The molecule has 9 nitrogen and oxygen atoms in total. The minimum atomic E-state index is -0.352. The van der Waals surface area contributed by atoms with E-state index in [1.54, 1.807) is 30.3 Å². The zero-order valence-corrected chi connectivity index (χ0v) is 17.6. The van der Waals surface area contributed by atoms with Gasteiger partial charge >= 0.3 is 6.03 Å². The maximum absolute atomic E-state index is 12.3. The lowest BCUT2D eigenvalue weighted by Gasteiger charge is -2.19. The van der Waals surface area contributed by atoms with Crippen LogP contribution in [-0.2, 0) is 0 Å². The van der Waals surface area contributed by atoms with Gasteiger partial charge in [-0.25, -0.2) is 9.78 Å². The number of ether oxygens (including phenoxy) is 2. The standard InChI is InChI=1S/C22H24N6O3/c1-14-12-20(28(2)3)27-21(23-14)24-15-4-6-16(7-5-15)25-22(29)26-17-8-9-18-19(13-17)31-11-10-30-18/h4-9,12-13H,10-11H2,1-3H3,(H,23,24,27)(H2,25,26,29). The van der Waals surface area contributed by atoms with Gasteiger partial charge in [-0.05, 0) is 43.3 Å². The van der Waals surface area contributed by atoms with Crippen molar-refractivity contribution in [1.29, 1.82) is 0 Å². The number of aromatic nitrogens is 2. The first-order chi connectivity index (χ1) is 15.0. The van der Waals surface area contributed by atoms with Crippen molar-refractivity contribution in [3.8, 4) is 11.5 Å². The third-order valence-electron chi connectivity index (χ3n) is 4.50. The molecule has 1 aliphatic heterocycles. The SMILES string of the molecule is Cc1cc(N(C)C)nc(Nc2ccc(NC(=O)Nc3ccc4c(c3)OCCO4)cc2)n1. The Labute approximate surface area is 180 Å². The van der Waals surface area contributed by atoms with Crippen LogP contribution in [0.25, 0.3) is 0 Å². The molecular formula is C22H24N6O3. The molecule has 3 aromatic rings. The van der Waals surface area contributed by atoms with Gasteiger partial charge < -0.3 is 30.3 Å². The van der Waals surface area contributed by atoms with Crippen molar-refractivity contribution in [1.82, 2.24) is 9.97 Å². The largest absolute Gasteiger partial charge is 0.486 e. The van der Waals surface area contributed by atoms with Gasteiger partial charge in [-0.1, -0.05) is 0 Å². The quantitative estimate of drug-likeness (QED) is 0.573. The number of fused-ring (bicyclic) bond motifs is 1. The number of amides is 2. The molecule has 1 aliphatic rings. The number of aryl methyl sites for hydroxylation is 1. The number of rotatable bonds is 5. The second kappa shape index (κ2) is 8.78. The van der Waals surface area contributed by atoms with Gasteiger partial charge in [0.2, 0.25) is 5.95 Å². The Bertz CT molecular complexity index is 1090. The molecule has 0 spiro atoms. The number of nitrogens with zero attached hydrogens (tertiary/aromatic N) is 3. The van der Waals surface area contributed by atoms with Gasteiger partial charge in [0.1, 0.15) is 19.0 Å². The van der Waals surface area contributed by atoms with E-state index in [2.05, 4.69) is 25.9 Å². The van der Waals surface area contributed by atoms with E-state index < -0.39 is 0 Å². The van der Waals surface area contributed by atoms with Gasteiger partial charge in [-0.2, -0.15) is 4.98 Å². The molecule has 0 saturated carbocycles. The summed E-state index contributed by atoms with van der Waals surface area (Å²) in [5.41, 5.74) is 2.96. The Morgan fingerprint density at radius 1 is 0.871 bits per heavy atom. The van der Waals surface area contributed by atoms with Gasteiger partial charge in [0.15, 0.2) is 11.5 Å². The van der Waals surface area contributed by atoms with E-state index in [1.165, 1.54) is 0 Å². The molecule has 31 heavy (non-hydrogen) atoms. The summed E-state index contributed by atoms with van der Waals surface area (Å²) in [5, 5.41) is 8.79. The molecule has 2 amide bonds. The van der Waals surface area contributed by atoms with Gasteiger partial charge in [0, 0.05) is 49.0 Å². The minimum absolute atomic E-state index is 0.352. The van der Waals surface area contributed by atoms with Crippen LogP contribution >= 0.6 is 0 Å². The fraction of sp³-hybridized carbons (Fsp3) is 0.227. The zero-order valence-electron chi connectivity index (χ0n) is 17.6. The third kappa shape index (κ3) is 5.13. The molecule has 0 bridgehead atoms. The Morgan fingerprint density at radius 3 is 2.26 bits per heavy atom. The summed E-state index contributed by atoms with van der Waals surface area (Å²) in [4.78, 5) is 23.1. The lowest BCUT2D eigenvalue weighted by molar-refractivity contribution is 0.171. The highest BCUT2D eigenvalue weighted by atomic mass is 16.6. The molecule has 1 aromatic heterocycles. The minimum Gasteiger partial charge on any atom is -0.486 e. The summed E-state index contributed by atoms with van der Waals surface area (Å²) < 4.78 is 11.0. The van der Waals surface area contributed by atoms with Gasteiger partial charge in [-0.15, -0.1) is 0 Å². The zero-order chi connectivity index (χ0) is 21.8. The summed E-state index contributed by atoms with van der Waals surface area (Å²) in [7, 11) is 3.87. The topological polar surface area (TPSA) is 101 Å². The van der Waals surface area contributed by atoms with Crippen LogP contribution in [0.4, 0.5) is 33.6 Å². The number of anilines is 5. The number of benzene rings is 2. The van der Waals surface area contributed by atoms with Crippen LogP contribution in [0.3, 0.4) is 0 Å². The smallest absolute Gasteiger partial charge is 0.323 e. The number of hydrogen-bond donors (Lipinski definition) is 3. The Balaban J connectivity index is 1.37. The van der Waals surface area contributed by atoms with Crippen molar-refractivity contribution < 1.29 is 14.3 Å². The molecule has 0 radical (unpaired) electrons. The Kier molecular flexibility index (Phi) is 5.74. The monoisotopic (exact) mass is 420 g/mol. The average Bonchev–Trinajstić information content (AvgIpc) is 2.74. The van der Waals surface area contributed by atoms with E-state index in [0.29, 0.717) is 42.0 Å². The molecule has 160 valence electrons. The summed E-state index contributed by atoms with van der Waals surface area (Å²) in [6.07, 6.45) is 0. The molecule has 0 aliphatic carbocycles. The molecular weight excluding hydrogens is 396 g/mol. The van der Waals surface area contributed by atoms with Crippen LogP contribution < -0.4 is 30.3 Å². The first-order valence-electron chi connectivity index (χ1n) is 9.84. The maximum Gasteiger partial charge on any atom is 0.323 e. The van der Waals surface area contributed by atoms with Crippen LogP contribution in [0.1, 0.15) is 5.69 Å². The van der Waals surface area contributed by atoms with E-state index in [1.807, 2.05) is 44.1 Å². The fourth-order valence-electron chi connectivity index (χ4n) is 3.02. The van der Waals surface area contributed by atoms with E-state index in [0.717, 1.165) is 17.2 Å². The summed E-state index contributed by atoms with van der Waals surface area (Å²) in [6.45, 7) is 2.94. The normalized spacial score (nSPS) is 12.1. The molecule has 3 N–H and O–H groups in total. The number of urea groups is 1. The summed E-state index contributed by atoms with van der Waals surface area (Å²) in [6, 6.07) is 14.1. The average molecular weight is 420 g/mol. The molecule has 0 saturated heterocycles. The highest BCUT2D eigenvalue weighted by molar-refractivity contribution is 6.00. The van der Waals surface area contributed by atoms with E-state index in [9.17, 15) is 4.79 Å². The molecule has 9 heteroatoms. The fourth-order valence-corrected chi connectivity index (χ4v) is 3.02. The third-order valence-corrected chi connectivity index (χ3v) is 4.50. The predicted octanol–water partition coefficient (Wildman–Crippen LogP) is 4.01. The van der Waals surface area contributed by atoms with E-state index >= 15 is 0 Å². The van der Waals surface area contributed by atoms with Crippen molar-refractivity contribution in [2.45, 2.75) is 6.92 Å². The Morgan fingerprint density at radius 2 is 1.52 bits per heavy atom. The van der Waals surface area contributed by atoms with Crippen molar-refractivity contribution in [2.24, 2.45) is 0 Å². The highest BCUT2D eigenvalue weighted by Crippen LogP contribution is 2.32. The summed E-state index contributed by atoms with van der Waals surface area (Å²) >= 11 is 0. The van der Waals surface area contributed by atoms with Crippen LogP contribution in [0.2, 0.25) is 0 Å². The van der Waals surface area contributed by atoms with Crippen LogP contribution in [0.15, 0.2) is 48.5 Å². The van der Waals surface area contributed by atoms with Gasteiger partial charge in [0.25, 0.3) is 0 Å². The maximum atomic E-state index is 12.3. The van der Waals surface area contributed by atoms with E-state index in [-0.39, 0.29) is 6.03 Å². The second-order valence-electron chi connectivity index (χ2n) is 7.23. The molecule has 2 aromatic carbocycles. The number of carbonyl (C=O) groups excluding carboxylic acids is 1. The number of carbonyl (C=O) groups is 1. The first-order valence-corrected chi connectivity index (χ1v) is 9.84. The van der Waals surface area contributed by atoms with Crippen molar-refractivity contribution >= 4 is 34.9 Å². The van der Waals surface area contributed by atoms with Gasteiger partial charge in [-0.3, -0.25) is 0 Å². The number of hydrogen-bond acceptors (Lipinski definition) is 7. The van der Waals surface area contributed by atoms with Crippen molar-refractivity contribution in [2.75, 3.05) is 48.2 Å². The van der Waals surface area contributed by atoms with Crippen molar-refractivity contribution in [3.05, 3.63) is 54.2 Å².